The molecule has 3 aromatic rings. The number of alkyl halides is 3. The van der Waals surface area contributed by atoms with Crippen LogP contribution in [-0.2, 0) is 6.18 Å². The molecule has 0 saturated carbocycles. The molecule has 0 bridgehead atoms. The Morgan fingerprint density at radius 3 is 2.22 bits per heavy atom. The molecule has 6 nitrogen and oxygen atoms in total. The fourth-order valence-electron chi connectivity index (χ4n) is 2.58. The van der Waals surface area contributed by atoms with E-state index in [0.717, 1.165) is 12.1 Å². The summed E-state index contributed by atoms with van der Waals surface area (Å²) in [5.74, 6) is -1.04. The van der Waals surface area contributed by atoms with E-state index in [1.165, 1.54) is 60.8 Å². The molecule has 0 aromatic heterocycles. The quantitative estimate of drug-likeness (QED) is 0.285. The first-order chi connectivity index (χ1) is 15.2. The molecule has 10 heteroatoms. The first kappa shape index (κ1) is 22.5. The van der Waals surface area contributed by atoms with Gasteiger partial charge in [0.15, 0.2) is 0 Å². The summed E-state index contributed by atoms with van der Waals surface area (Å²) in [4.78, 5) is 24.1. The van der Waals surface area contributed by atoms with Gasteiger partial charge in [-0.25, -0.2) is 14.6 Å². The minimum atomic E-state index is -4.52. The molecule has 0 radical (unpaired) electrons. The van der Waals surface area contributed by atoms with Crippen LogP contribution in [0.1, 0.15) is 21.5 Å². The maximum Gasteiger partial charge on any atom is 0.416 e. The molecule has 3 rings (SSSR count). The van der Waals surface area contributed by atoms with Crippen molar-refractivity contribution in [3.8, 4) is 0 Å². The molecule has 0 heterocycles. The van der Waals surface area contributed by atoms with Gasteiger partial charge in [0.25, 0.3) is 5.91 Å². The number of hydrazone groups is 1. The topological polar surface area (TPSA) is 82.6 Å². The first-order valence-electron chi connectivity index (χ1n) is 9.15. The summed E-state index contributed by atoms with van der Waals surface area (Å²) in [6.45, 7) is 0. The van der Waals surface area contributed by atoms with Crippen molar-refractivity contribution in [3.63, 3.8) is 0 Å². The number of hydrogen-bond acceptors (Lipinski definition) is 3. The van der Waals surface area contributed by atoms with Gasteiger partial charge in [0.2, 0.25) is 0 Å². The number of carbonyl (C=O) groups is 2. The zero-order chi connectivity index (χ0) is 23.1. The van der Waals surface area contributed by atoms with Crippen LogP contribution in [0, 0.1) is 5.82 Å². The van der Waals surface area contributed by atoms with E-state index < -0.39 is 29.5 Å². The van der Waals surface area contributed by atoms with Crippen molar-refractivity contribution in [2.24, 2.45) is 5.10 Å². The lowest BCUT2D eigenvalue weighted by Crippen LogP contribution is -2.20. The zero-order valence-electron chi connectivity index (χ0n) is 16.3. The summed E-state index contributed by atoms with van der Waals surface area (Å²) in [7, 11) is 0. The highest BCUT2D eigenvalue weighted by atomic mass is 19.4. The molecular formula is C22H16F4N4O2. The highest BCUT2D eigenvalue weighted by molar-refractivity contribution is 6.00. The predicted octanol–water partition coefficient (Wildman–Crippen LogP) is 5.25. The van der Waals surface area contributed by atoms with E-state index in [9.17, 15) is 27.2 Å². The van der Waals surface area contributed by atoms with Crippen LogP contribution in [0.25, 0.3) is 0 Å². The van der Waals surface area contributed by atoms with Gasteiger partial charge in [-0.15, -0.1) is 0 Å². The Morgan fingerprint density at radius 2 is 1.53 bits per heavy atom. The molecule has 164 valence electrons. The summed E-state index contributed by atoms with van der Waals surface area (Å²) in [6.07, 6.45) is -3.36. The van der Waals surface area contributed by atoms with Crippen molar-refractivity contribution < 1.29 is 27.2 Å². The molecule has 0 fully saturated rings. The Balaban J connectivity index is 1.55. The fraction of sp³-hybridized carbons (Fsp3) is 0.0455. The third kappa shape index (κ3) is 6.14. The third-order valence-electron chi connectivity index (χ3n) is 4.13. The lowest BCUT2D eigenvalue weighted by molar-refractivity contribution is -0.137. The molecular weight excluding hydrogens is 428 g/mol. The molecule has 0 spiro atoms. The van der Waals surface area contributed by atoms with Gasteiger partial charge in [-0.2, -0.15) is 18.3 Å². The Morgan fingerprint density at radius 1 is 0.844 bits per heavy atom. The van der Waals surface area contributed by atoms with Gasteiger partial charge in [-0.05, 0) is 48.5 Å². The van der Waals surface area contributed by atoms with Crippen LogP contribution >= 0.6 is 0 Å². The maximum atomic E-state index is 13.5. The van der Waals surface area contributed by atoms with Crippen molar-refractivity contribution in [1.29, 1.82) is 0 Å². The molecule has 0 aliphatic heterocycles. The van der Waals surface area contributed by atoms with Crippen LogP contribution < -0.4 is 16.1 Å². The number of amides is 3. The van der Waals surface area contributed by atoms with Crippen molar-refractivity contribution in [2.75, 3.05) is 10.6 Å². The van der Waals surface area contributed by atoms with E-state index in [4.69, 9.17) is 0 Å². The van der Waals surface area contributed by atoms with E-state index in [1.54, 1.807) is 6.07 Å². The van der Waals surface area contributed by atoms with Crippen LogP contribution in [0.5, 0.6) is 0 Å². The second-order valence-electron chi connectivity index (χ2n) is 6.46. The van der Waals surface area contributed by atoms with Crippen LogP contribution in [-0.4, -0.2) is 18.2 Å². The Bertz CT molecular complexity index is 1150. The Hall–Kier alpha value is -4.21. The Labute approximate surface area is 180 Å². The van der Waals surface area contributed by atoms with Gasteiger partial charge in [0, 0.05) is 22.5 Å². The van der Waals surface area contributed by atoms with Crippen LogP contribution in [0.2, 0.25) is 0 Å². The largest absolute Gasteiger partial charge is 0.416 e. The van der Waals surface area contributed by atoms with Gasteiger partial charge in [-0.1, -0.05) is 24.3 Å². The van der Waals surface area contributed by atoms with Gasteiger partial charge in [0.1, 0.15) is 5.82 Å². The lowest BCUT2D eigenvalue weighted by atomic mass is 10.2. The van der Waals surface area contributed by atoms with Gasteiger partial charge < -0.3 is 10.6 Å². The molecule has 0 atom stereocenters. The minimum Gasteiger partial charge on any atom is -0.308 e. The number of halogens is 4. The van der Waals surface area contributed by atoms with Crippen LogP contribution in [0.15, 0.2) is 77.9 Å². The highest BCUT2D eigenvalue weighted by Gasteiger charge is 2.30. The average molecular weight is 444 g/mol. The molecule has 3 aromatic carbocycles. The van der Waals surface area contributed by atoms with Gasteiger partial charge in [0.05, 0.1) is 11.8 Å². The van der Waals surface area contributed by atoms with Crippen molar-refractivity contribution in [2.45, 2.75) is 6.18 Å². The summed E-state index contributed by atoms with van der Waals surface area (Å²) >= 11 is 0. The number of urea groups is 1. The second-order valence-corrected chi connectivity index (χ2v) is 6.46. The number of nitrogens with zero attached hydrogens (tertiary/aromatic N) is 1. The SMILES string of the molecule is O=C(Nc1ccc(C(=O)NN=Cc2ccccc2F)cc1)Nc1cccc(C(F)(F)F)c1. The van der Waals surface area contributed by atoms with Gasteiger partial charge in [-0.3, -0.25) is 4.79 Å². The van der Waals surface area contributed by atoms with E-state index in [-0.39, 0.29) is 16.8 Å². The summed E-state index contributed by atoms with van der Waals surface area (Å²) < 4.78 is 51.8. The fourth-order valence-corrected chi connectivity index (χ4v) is 2.58. The number of benzene rings is 3. The summed E-state index contributed by atoms with van der Waals surface area (Å²) in [5.41, 5.74) is 2.08. The first-order valence-corrected chi connectivity index (χ1v) is 9.15. The number of hydrogen-bond donors (Lipinski definition) is 3. The molecule has 0 aliphatic carbocycles. The molecule has 32 heavy (non-hydrogen) atoms. The van der Waals surface area contributed by atoms with Crippen LogP contribution in [0.4, 0.5) is 33.7 Å². The van der Waals surface area contributed by atoms with Crippen molar-refractivity contribution >= 4 is 29.5 Å². The average Bonchev–Trinajstić information content (AvgIpc) is 2.75. The highest BCUT2D eigenvalue weighted by Crippen LogP contribution is 2.30. The number of nitrogens with one attached hydrogen (secondary N) is 3. The molecule has 3 amide bonds. The zero-order valence-corrected chi connectivity index (χ0v) is 16.3. The smallest absolute Gasteiger partial charge is 0.308 e. The predicted molar refractivity (Wildman–Crippen MR) is 112 cm³/mol. The normalized spacial score (nSPS) is 11.2. The monoisotopic (exact) mass is 444 g/mol. The van der Waals surface area contributed by atoms with E-state index in [1.807, 2.05) is 0 Å². The maximum absolute atomic E-state index is 13.5. The molecule has 0 unspecified atom stereocenters. The van der Waals surface area contributed by atoms with Gasteiger partial charge >= 0.3 is 12.2 Å². The minimum absolute atomic E-state index is 0.0268. The summed E-state index contributed by atoms with van der Waals surface area (Å²) in [6, 6.07) is 15.1. The Kier molecular flexibility index (Phi) is 6.83. The molecule has 3 N–H and O–H groups in total. The van der Waals surface area contributed by atoms with Crippen molar-refractivity contribution in [1.82, 2.24) is 5.43 Å². The number of rotatable bonds is 5. The van der Waals surface area contributed by atoms with Crippen molar-refractivity contribution in [3.05, 3.63) is 95.3 Å². The summed E-state index contributed by atoms with van der Waals surface area (Å²) in [5, 5.41) is 8.46. The van der Waals surface area contributed by atoms with E-state index >= 15 is 0 Å². The van der Waals surface area contributed by atoms with Crippen LogP contribution in [0.3, 0.4) is 0 Å². The molecule has 0 aliphatic rings. The third-order valence-corrected chi connectivity index (χ3v) is 4.13. The van der Waals surface area contributed by atoms with E-state index in [2.05, 4.69) is 21.2 Å². The second kappa shape index (κ2) is 9.73. The number of anilines is 2. The molecule has 0 saturated heterocycles. The standard InChI is InChI=1S/C22H16F4N4O2/c23-19-7-2-1-4-15(19)13-27-30-20(31)14-8-10-17(11-9-14)28-21(32)29-18-6-3-5-16(12-18)22(24,25)26/h1-13H,(H,30,31)(H2,28,29,32). The number of carbonyl (C=O) groups excluding carboxylic acids is 2. The lowest BCUT2D eigenvalue weighted by Gasteiger charge is -2.11. The van der Waals surface area contributed by atoms with E-state index in [0.29, 0.717) is 5.69 Å².